The summed E-state index contributed by atoms with van der Waals surface area (Å²) >= 11 is 0. The maximum atomic E-state index is 12.1. The molecule has 25 heavy (non-hydrogen) atoms. The summed E-state index contributed by atoms with van der Waals surface area (Å²) in [6.45, 7) is 2.12. The molecule has 1 saturated heterocycles. The van der Waals surface area contributed by atoms with E-state index >= 15 is 0 Å². The average molecular weight is 381 g/mol. The number of rotatable bonds is 8. The van der Waals surface area contributed by atoms with Crippen LogP contribution in [0.15, 0.2) is 29.2 Å². The van der Waals surface area contributed by atoms with Gasteiger partial charge in [0.2, 0.25) is 15.9 Å². The zero-order valence-electron chi connectivity index (χ0n) is 13.1. The molecular formula is C14H18F3N3O4S. The Morgan fingerprint density at radius 2 is 1.88 bits per heavy atom. The maximum Gasteiger partial charge on any atom is 0.573 e. The molecule has 11 heteroatoms. The third kappa shape index (κ3) is 6.52. The van der Waals surface area contributed by atoms with Gasteiger partial charge in [-0.3, -0.25) is 4.79 Å². The second-order valence-corrected chi connectivity index (χ2v) is 7.26. The lowest BCUT2D eigenvalue weighted by molar-refractivity contribution is -0.274. The van der Waals surface area contributed by atoms with Crippen molar-refractivity contribution in [2.24, 2.45) is 5.92 Å². The Balaban J connectivity index is 1.79. The smallest absolute Gasteiger partial charge is 0.406 e. The zero-order valence-corrected chi connectivity index (χ0v) is 13.9. The van der Waals surface area contributed by atoms with Crippen molar-refractivity contribution in [3.05, 3.63) is 24.3 Å². The van der Waals surface area contributed by atoms with Gasteiger partial charge >= 0.3 is 6.36 Å². The molecule has 0 spiro atoms. The number of hydrogen-bond acceptors (Lipinski definition) is 5. The van der Waals surface area contributed by atoms with Crippen molar-refractivity contribution in [2.45, 2.75) is 17.7 Å². The van der Waals surface area contributed by atoms with Gasteiger partial charge in [-0.1, -0.05) is 0 Å². The number of benzene rings is 1. The molecule has 0 bridgehead atoms. The first-order valence-corrected chi connectivity index (χ1v) is 8.97. The van der Waals surface area contributed by atoms with Gasteiger partial charge in [0.25, 0.3) is 0 Å². The van der Waals surface area contributed by atoms with Crippen molar-refractivity contribution in [1.29, 1.82) is 0 Å². The van der Waals surface area contributed by atoms with Gasteiger partial charge in [-0.2, -0.15) is 0 Å². The summed E-state index contributed by atoms with van der Waals surface area (Å²) in [7, 11) is -3.92. The highest BCUT2D eigenvalue weighted by molar-refractivity contribution is 7.89. The van der Waals surface area contributed by atoms with Crippen LogP contribution in [0.25, 0.3) is 0 Å². The molecule has 0 aromatic heterocycles. The minimum absolute atomic E-state index is 0.0331. The summed E-state index contributed by atoms with van der Waals surface area (Å²) in [5.41, 5.74) is 0. The summed E-state index contributed by atoms with van der Waals surface area (Å²) in [4.78, 5) is 11.4. The highest BCUT2D eigenvalue weighted by atomic mass is 32.2. The number of nitrogens with one attached hydrogen (secondary N) is 3. The minimum Gasteiger partial charge on any atom is -0.406 e. The number of carbonyl (C=O) groups is 1. The third-order valence-corrected chi connectivity index (χ3v) is 4.94. The van der Waals surface area contributed by atoms with Crippen molar-refractivity contribution in [2.75, 3.05) is 26.2 Å². The van der Waals surface area contributed by atoms with Gasteiger partial charge in [-0.05, 0) is 24.3 Å². The molecule has 1 aromatic rings. The van der Waals surface area contributed by atoms with Crippen molar-refractivity contribution in [3.63, 3.8) is 0 Å². The lowest BCUT2D eigenvalue weighted by Gasteiger charge is -2.27. The Labute approximate surface area is 143 Å². The maximum absolute atomic E-state index is 12.1. The average Bonchev–Trinajstić information content (AvgIpc) is 2.44. The van der Waals surface area contributed by atoms with Crippen molar-refractivity contribution >= 4 is 15.9 Å². The van der Waals surface area contributed by atoms with Gasteiger partial charge in [-0.15, -0.1) is 13.2 Å². The van der Waals surface area contributed by atoms with Gasteiger partial charge in [0.15, 0.2) is 0 Å². The quantitative estimate of drug-likeness (QED) is 0.613. The number of ether oxygens (including phenoxy) is 1. The molecule has 1 aliphatic rings. The van der Waals surface area contributed by atoms with E-state index in [-0.39, 0.29) is 23.8 Å². The molecule has 1 fully saturated rings. The van der Waals surface area contributed by atoms with Crippen molar-refractivity contribution < 1.29 is 31.1 Å². The van der Waals surface area contributed by atoms with Crippen molar-refractivity contribution in [3.8, 4) is 5.75 Å². The zero-order chi connectivity index (χ0) is 18.5. The van der Waals surface area contributed by atoms with E-state index in [1.165, 1.54) is 0 Å². The summed E-state index contributed by atoms with van der Waals surface area (Å²) in [6.07, 6.45) is -4.88. The van der Waals surface area contributed by atoms with Crippen LogP contribution in [0.2, 0.25) is 0 Å². The first-order chi connectivity index (χ1) is 11.7. The lowest BCUT2D eigenvalue weighted by Crippen LogP contribution is -2.48. The molecule has 0 unspecified atom stereocenters. The van der Waals surface area contributed by atoms with Gasteiger partial charge in [-0.25, -0.2) is 13.1 Å². The van der Waals surface area contributed by atoms with E-state index in [1.54, 1.807) is 0 Å². The van der Waals surface area contributed by atoms with Crippen LogP contribution >= 0.6 is 0 Å². The second kappa shape index (κ2) is 8.02. The van der Waals surface area contributed by atoms with E-state index in [4.69, 9.17) is 0 Å². The molecule has 7 nitrogen and oxygen atoms in total. The Bertz CT molecular complexity index is 688. The molecular weight excluding hydrogens is 363 g/mol. The largest absolute Gasteiger partial charge is 0.573 e. The Morgan fingerprint density at radius 3 is 2.40 bits per heavy atom. The monoisotopic (exact) mass is 381 g/mol. The van der Waals surface area contributed by atoms with Gasteiger partial charge in [0, 0.05) is 38.5 Å². The molecule has 1 heterocycles. The van der Waals surface area contributed by atoms with E-state index in [1.807, 2.05) is 0 Å². The Morgan fingerprint density at radius 1 is 1.24 bits per heavy atom. The third-order valence-electron chi connectivity index (χ3n) is 3.47. The van der Waals surface area contributed by atoms with E-state index in [0.717, 1.165) is 37.4 Å². The first kappa shape index (κ1) is 19.5. The summed E-state index contributed by atoms with van der Waals surface area (Å²) < 4.78 is 66.1. The number of sulfonamides is 1. The van der Waals surface area contributed by atoms with Crippen LogP contribution in [0.3, 0.4) is 0 Å². The number of halogens is 3. The fourth-order valence-electron chi connectivity index (χ4n) is 2.04. The van der Waals surface area contributed by atoms with Gasteiger partial charge < -0.3 is 15.4 Å². The van der Waals surface area contributed by atoms with E-state index < -0.39 is 22.1 Å². The topological polar surface area (TPSA) is 96.5 Å². The minimum atomic E-state index is -4.85. The summed E-state index contributed by atoms with van der Waals surface area (Å²) in [6, 6.07) is 3.79. The molecule has 0 saturated carbocycles. The Hall–Kier alpha value is -1.85. The molecule has 3 N–H and O–H groups in total. The normalized spacial score (nSPS) is 15.5. The fourth-order valence-corrected chi connectivity index (χ4v) is 3.07. The molecule has 0 aliphatic carbocycles. The molecule has 140 valence electrons. The SMILES string of the molecule is O=C(CCNS(=O)(=O)c1ccc(OC(F)(F)F)cc1)NCC1CNC1. The van der Waals surface area contributed by atoms with Crippen LogP contribution in [0.4, 0.5) is 13.2 Å². The Kier molecular flexibility index (Phi) is 6.25. The highest BCUT2D eigenvalue weighted by Gasteiger charge is 2.31. The van der Waals surface area contributed by atoms with Gasteiger partial charge in [0.05, 0.1) is 4.90 Å². The second-order valence-electron chi connectivity index (χ2n) is 5.50. The summed E-state index contributed by atoms with van der Waals surface area (Å²) in [5.74, 6) is -0.391. The predicted octanol–water partition coefficient (Wildman–Crippen LogP) is 0.589. The number of alkyl halides is 3. The van der Waals surface area contributed by atoms with Gasteiger partial charge in [0.1, 0.15) is 5.75 Å². The number of hydrogen-bond donors (Lipinski definition) is 3. The van der Waals surface area contributed by atoms with E-state index in [0.29, 0.717) is 12.5 Å². The van der Waals surface area contributed by atoms with Crippen LogP contribution in [-0.2, 0) is 14.8 Å². The molecule has 0 atom stereocenters. The van der Waals surface area contributed by atoms with Crippen LogP contribution in [0.5, 0.6) is 5.75 Å². The molecule has 2 rings (SSSR count). The molecule has 1 aliphatic heterocycles. The molecule has 0 radical (unpaired) electrons. The van der Waals surface area contributed by atoms with Crippen molar-refractivity contribution in [1.82, 2.24) is 15.4 Å². The van der Waals surface area contributed by atoms with Crippen LogP contribution < -0.4 is 20.1 Å². The van der Waals surface area contributed by atoms with E-state index in [2.05, 4.69) is 20.1 Å². The van der Waals surface area contributed by atoms with Crippen LogP contribution in [0, 0.1) is 5.92 Å². The summed E-state index contributed by atoms with van der Waals surface area (Å²) in [5, 5.41) is 5.77. The van der Waals surface area contributed by atoms with E-state index in [9.17, 15) is 26.4 Å². The molecule has 1 amide bonds. The number of carbonyl (C=O) groups excluding carboxylic acids is 1. The lowest BCUT2D eigenvalue weighted by atomic mass is 10.0. The van der Waals surface area contributed by atoms with Crippen LogP contribution in [0.1, 0.15) is 6.42 Å². The highest BCUT2D eigenvalue weighted by Crippen LogP contribution is 2.23. The standard InChI is InChI=1S/C14H18F3N3O4S/c15-14(16,17)24-11-1-3-12(4-2-11)25(22,23)20-6-5-13(21)19-9-10-7-18-8-10/h1-4,10,18,20H,5-9H2,(H,19,21). The molecule has 1 aromatic carbocycles. The van der Waals surface area contributed by atoms with Crippen LogP contribution in [-0.4, -0.2) is 46.9 Å². The first-order valence-electron chi connectivity index (χ1n) is 7.48. The number of amides is 1. The predicted molar refractivity (Wildman–Crippen MR) is 82.3 cm³/mol. The fraction of sp³-hybridized carbons (Fsp3) is 0.500.